The van der Waals surface area contributed by atoms with E-state index in [0.717, 1.165) is 11.1 Å². The molecule has 0 radical (unpaired) electrons. The molecule has 0 aliphatic heterocycles. The third-order valence-corrected chi connectivity index (χ3v) is 4.13. The van der Waals surface area contributed by atoms with Crippen LogP contribution in [0.15, 0.2) is 67.9 Å². The van der Waals surface area contributed by atoms with Crippen LogP contribution in [0.2, 0.25) is 0 Å². The first-order chi connectivity index (χ1) is 11.2. The molecule has 0 heterocycles. The number of hydrogen-bond donors (Lipinski definition) is 0. The molecule has 0 saturated heterocycles. The van der Waals surface area contributed by atoms with Crippen molar-refractivity contribution in [2.45, 2.75) is 49.3 Å². The normalized spacial score (nSPS) is 9.84. The van der Waals surface area contributed by atoms with Crippen LogP contribution in [-0.2, 0) is 44.7 Å². The van der Waals surface area contributed by atoms with Gasteiger partial charge in [-0.05, 0) is 35.1 Å². The summed E-state index contributed by atoms with van der Waals surface area (Å²) in [6.45, 7) is 8.31. The summed E-state index contributed by atoms with van der Waals surface area (Å²) in [7, 11) is 0. The standard InChI is InChI=1S/2C10H12OS.Zn/c2*1-7(2)8-4-3-5-9(11)10(12)6-8;/h2*3-7H,1-2H3,(H,11,12);/q;;+2/p-2. The maximum atomic E-state index is 11.1. The molecule has 0 N–H and O–H groups in total. The van der Waals surface area contributed by atoms with Gasteiger partial charge in [-0.2, -0.15) is 0 Å². The van der Waals surface area contributed by atoms with Crippen molar-refractivity contribution in [2.75, 3.05) is 0 Å². The molecule has 5 heteroatoms. The Bertz CT molecular complexity index is 737. The van der Waals surface area contributed by atoms with Crippen LogP contribution in [0.25, 0.3) is 0 Å². The zero-order valence-corrected chi connectivity index (χ0v) is 19.7. The summed E-state index contributed by atoms with van der Waals surface area (Å²) >= 11 is 9.83. The van der Waals surface area contributed by atoms with Gasteiger partial charge in [0.1, 0.15) is 0 Å². The van der Waals surface area contributed by atoms with Gasteiger partial charge in [0.05, 0.1) is 0 Å². The van der Waals surface area contributed by atoms with Crippen molar-refractivity contribution in [2.24, 2.45) is 0 Å². The molecule has 0 unspecified atom stereocenters. The fourth-order valence-corrected chi connectivity index (χ4v) is 2.33. The molecule has 2 aromatic carbocycles. The minimum atomic E-state index is -0.0723. The van der Waals surface area contributed by atoms with Gasteiger partial charge in [0.25, 0.3) is 0 Å². The van der Waals surface area contributed by atoms with E-state index in [1.54, 1.807) is 24.3 Å². The Balaban J connectivity index is 0.000000443. The Hall–Kier alpha value is -1.16. The zero-order chi connectivity index (χ0) is 18.3. The molecule has 0 aliphatic carbocycles. The quantitative estimate of drug-likeness (QED) is 0.537. The van der Waals surface area contributed by atoms with Gasteiger partial charge in [-0.15, -0.1) is 9.79 Å². The van der Waals surface area contributed by atoms with E-state index in [1.807, 2.05) is 12.1 Å². The van der Waals surface area contributed by atoms with Gasteiger partial charge in [0.2, 0.25) is 0 Å². The Labute approximate surface area is 173 Å². The van der Waals surface area contributed by atoms with Crippen molar-refractivity contribution in [3.05, 3.63) is 80.1 Å². The SMILES string of the molecule is CC(C)c1cccc(=O)c([S-])c1.CC(C)c1cccc(=O)c([S-])c1.[Zn+2]. The van der Waals surface area contributed by atoms with Crippen LogP contribution in [0.4, 0.5) is 0 Å². The van der Waals surface area contributed by atoms with Crippen LogP contribution < -0.4 is 10.9 Å². The van der Waals surface area contributed by atoms with E-state index >= 15 is 0 Å². The Morgan fingerprint density at radius 3 is 1.28 bits per heavy atom. The van der Waals surface area contributed by atoms with Crippen LogP contribution in [0.5, 0.6) is 0 Å². The van der Waals surface area contributed by atoms with Gasteiger partial charge in [-0.3, -0.25) is 9.59 Å². The summed E-state index contributed by atoms with van der Waals surface area (Å²) in [6.07, 6.45) is 0. The fraction of sp³-hybridized carbons (Fsp3) is 0.300. The van der Waals surface area contributed by atoms with Crippen molar-refractivity contribution >= 4 is 25.3 Å². The van der Waals surface area contributed by atoms with Gasteiger partial charge in [0, 0.05) is 0 Å². The summed E-state index contributed by atoms with van der Waals surface area (Å²) in [4.78, 5) is 23.0. The molecule has 2 aromatic rings. The summed E-state index contributed by atoms with van der Waals surface area (Å²) < 4.78 is 0. The molecule has 128 valence electrons. The van der Waals surface area contributed by atoms with Crippen LogP contribution >= 0.6 is 0 Å². The average Bonchev–Trinajstić information content (AvgIpc) is 2.78. The molecule has 0 bridgehead atoms. The van der Waals surface area contributed by atoms with Crippen LogP contribution in [0.3, 0.4) is 0 Å². The van der Waals surface area contributed by atoms with E-state index in [1.165, 1.54) is 12.1 Å². The molecule has 0 spiro atoms. The molecule has 2 rings (SSSR count). The Morgan fingerprint density at radius 1 is 0.680 bits per heavy atom. The summed E-state index contributed by atoms with van der Waals surface area (Å²) in [5, 5.41) is 0. The van der Waals surface area contributed by atoms with Crippen molar-refractivity contribution in [1.29, 1.82) is 0 Å². The maximum Gasteiger partial charge on any atom is 2.00 e. The van der Waals surface area contributed by atoms with E-state index in [0.29, 0.717) is 21.6 Å². The van der Waals surface area contributed by atoms with Gasteiger partial charge in [-0.1, -0.05) is 64.1 Å². The van der Waals surface area contributed by atoms with Gasteiger partial charge in [0.15, 0.2) is 10.9 Å². The average molecular weight is 424 g/mol. The summed E-state index contributed by atoms with van der Waals surface area (Å²) in [6, 6.07) is 14.0. The molecular formula is C20H22O2S2Zn. The van der Waals surface area contributed by atoms with E-state index in [2.05, 4.69) is 27.7 Å². The molecule has 0 aliphatic rings. The van der Waals surface area contributed by atoms with Crippen molar-refractivity contribution in [1.82, 2.24) is 0 Å². The van der Waals surface area contributed by atoms with Gasteiger partial charge >= 0.3 is 19.5 Å². The van der Waals surface area contributed by atoms with Crippen LogP contribution in [0, 0.1) is 0 Å². The molecular weight excluding hydrogens is 402 g/mol. The van der Waals surface area contributed by atoms with Crippen molar-refractivity contribution in [3.63, 3.8) is 0 Å². The first kappa shape index (κ1) is 23.8. The van der Waals surface area contributed by atoms with Crippen LogP contribution in [0.1, 0.15) is 50.7 Å². The van der Waals surface area contributed by atoms with E-state index in [-0.39, 0.29) is 30.3 Å². The van der Waals surface area contributed by atoms with Gasteiger partial charge < -0.3 is 25.3 Å². The minimum absolute atomic E-state index is 0. The minimum Gasteiger partial charge on any atom is -0.776 e. The van der Waals surface area contributed by atoms with E-state index < -0.39 is 0 Å². The van der Waals surface area contributed by atoms with Crippen molar-refractivity contribution < 1.29 is 19.5 Å². The second kappa shape index (κ2) is 11.5. The monoisotopic (exact) mass is 422 g/mol. The van der Waals surface area contributed by atoms with Crippen LogP contribution in [-0.4, -0.2) is 0 Å². The molecule has 2 nitrogen and oxygen atoms in total. The van der Waals surface area contributed by atoms with E-state index in [9.17, 15) is 9.59 Å². The smallest absolute Gasteiger partial charge is 0.776 e. The molecule has 0 fully saturated rings. The second-order valence-corrected chi connectivity index (χ2v) is 6.99. The molecule has 25 heavy (non-hydrogen) atoms. The largest absolute Gasteiger partial charge is 2.00 e. The van der Waals surface area contributed by atoms with Gasteiger partial charge in [-0.25, -0.2) is 0 Å². The van der Waals surface area contributed by atoms with Crippen molar-refractivity contribution in [3.8, 4) is 0 Å². The molecule has 0 amide bonds. The molecule has 0 atom stereocenters. The predicted molar refractivity (Wildman–Crippen MR) is 105 cm³/mol. The third kappa shape index (κ3) is 8.17. The second-order valence-electron chi connectivity index (χ2n) is 6.11. The Morgan fingerprint density at radius 2 is 1.00 bits per heavy atom. The van der Waals surface area contributed by atoms with E-state index in [4.69, 9.17) is 25.3 Å². The summed E-state index contributed by atoms with van der Waals surface area (Å²) in [5.74, 6) is 0.831. The number of hydrogen-bond acceptors (Lipinski definition) is 4. The molecule has 0 saturated carbocycles. The fourth-order valence-electron chi connectivity index (χ4n) is 1.92. The summed E-state index contributed by atoms with van der Waals surface area (Å²) in [5.41, 5.74) is 2.08. The Kier molecular flexibility index (Phi) is 10.9. The zero-order valence-electron chi connectivity index (χ0n) is 15.1. The molecule has 0 aromatic heterocycles. The maximum absolute atomic E-state index is 11.1. The third-order valence-electron chi connectivity index (χ3n) is 3.49. The topological polar surface area (TPSA) is 34.1 Å². The first-order valence-corrected chi connectivity index (χ1v) is 8.66. The predicted octanol–water partition coefficient (Wildman–Crippen LogP) is 4.15. The first-order valence-electron chi connectivity index (χ1n) is 7.85. The number of rotatable bonds is 2.